The summed E-state index contributed by atoms with van der Waals surface area (Å²) in [7, 11) is -3.69. The number of carbonyl (C=O) groups is 1. The molecule has 1 atom stereocenters. The van der Waals surface area contributed by atoms with Crippen molar-refractivity contribution >= 4 is 16.0 Å². The number of sulfonamides is 1. The number of benzene rings is 2. The Labute approximate surface area is 198 Å². The van der Waals surface area contributed by atoms with Crippen molar-refractivity contribution in [2.75, 3.05) is 13.2 Å². The Morgan fingerprint density at radius 2 is 1.88 bits per heavy atom. The topological polar surface area (TPSA) is 121 Å². The molecule has 0 bridgehead atoms. The van der Waals surface area contributed by atoms with Gasteiger partial charge in [-0.3, -0.25) is 0 Å². The van der Waals surface area contributed by atoms with E-state index in [9.17, 15) is 13.2 Å². The number of esters is 1. The second kappa shape index (κ2) is 10.5. The summed E-state index contributed by atoms with van der Waals surface area (Å²) in [4.78, 5) is 16.7. The number of ether oxygens (including phenoxy) is 2. The first kappa shape index (κ1) is 24.1. The summed E-state index contributed by atoms with van der Waals surface area (Å²) in [6, 6.07) is 13.4. The van der Waals surface area contributed by atoms with Crippen LogP contribution >= 0.6 is 0 Å². The molecule has 0 radical (unpaired) electrons. The highest BCUT2D eigenvalue weighted by Gasteiger charge is 2.21. The van der Waals surface area contributed by atoms with Crippen LogP contribution in [0.5, 0.6) is 0 Å². The fraction of sp³-hybridized carbons (Fsp3) is 0.375. The molecule has 9 nitrogen and oxygen atoms in total. The normalized spacial score (nSPS) is 16.1. The van der Waals surface area contributed by atoms with E-state index in [0.29, 0.717) is 18.3 Å². The molecule has 34 heavy (non-hydrogen) atoms. The van der Waals surface area contributed by atoms with Crippen molar-refractivity contribution in [3.05, 3.63) is 65.5 Å². The highest BCUT2D eigenvalue weighted by atomic mass is 32.2. The molecule has 1 aromatic heterocycles. The van der Waals surface area contributed by atoms with Crippen LogP contribution in [0.3, 0.4) is 0 Å². The zero-order chi connectivity index (χ0) is 24.1. The van der Waals surface area contributed by atoms with Gasteiger partial charge in [0.2, 0.25) is 15.8 Å². The van der Waals surface area contributed by atoms with Crippen LogP contribution in [-0.4, -0.2) is 43.8 Å². The number of hydrogen-bond donors (Lipinski definition) is 1. The molecule has 2 aromatic carbocycles. The van der Waals surface area contributed by atoms with Gasteiger partial charge in [-0.2, -0.15) is 4.98 Å². The third-order valence-electron chi connectivity index (χ3n) is 5.56. The molecule has 1 aliphatic heterocycles. The molecule has 1 fully saturated rings. The number of carbonyl (C=O) groups excluding carboxylic acids is 1. The largest absolute Gasteiger partial charge is 0.452 e. The van der Waals surface area contributed by atoms with Gasteiger partial charge in [-0.15, -0.1) is 0 Å². The van der Waals surface area contributed by atoms with Crippen molar-refractivity contribution in [1.82, 2.24) is 14.9 Å². The lowest BCUT2D eigenvalue weighted by molar-refractivity contribution is 0.0429. The summed E-state index contributed by atoms with van der Waals surface area (Å²) in [5.74, 6) is 0.365. The Hall–Kier alpha value is -3.08. The van der Waals surface area contributed by atoms with Gasteiger partial charge in [0.15, 0.2) is 6.61 Å². The van der Waals surface area contributed by atoms with E-state index in [2.05, 4.69) is 28.7 Å². The summed E-state index contributed by atoms with van der Waals surface area (Å²) < 4.78 is 43.3. The van der Waals surface area contributed by atoms with Crippen molar-refractivity contribution in [3.63, 3.8) is 0 Å². The maximum Gasteiger partial charge on any atom is 0.338 e. The molecule has 0 aliphatic carbocycles. The minimum atomic E-state index is -3.69. The maximum atomic E-state index is 12.4. The van der Waals surface area contributed by atoms with Crippen LogP contribution < -0.4 is 4.72 Å². The third kappa shape index (κ3) is 5.88. The Morgan fingerprint density at radius 1 is 1.15 bits per heavy atom. The van der Waals surface area contributed by atoms with Gasteiger partial charge in [-0.05, 0) is 48.6 Å². The van der Waals surface area contributed by atoms with Gasteiger partial charge in [-0.25, -0.2) is 17.9 Å². The molecule has 0 spiro atoms. The molecular formula is C24H27N3O6S. The number of aromatic nitrogens is 2. The number of rotatable bonds is 9. The Morgan fingerprint density at radius 3 is 2.53 bits per heavy atom. The quantitative estimate of drug-likeness (QED) is 0.456. The van der Waals surface area contributed by atoms with E-state index in [1.807, 2.05) is 24.3 Å². The monoisotopic (exact) mass is 485 g/mol. The van der Waals surface area contributed by atoms with Crippen molar-refractivity contribution < 1.29 is 27.2 Å². The minimum Gasteiger partial charge on any atom is -0.452 e. The highest BCUT2D eigenvalue weighted by molar-refractivity contribution is 7.89. The molecule has 3 aromatic rings. The van der Waals surface area contributed by atoms with Crippen molar-refractivity contribution in [2.45, 2.75) is 50.2 Å². The number of nitrogens with one attached hydrogen (secondary N) is 1. The zero-order valence-electron chi connectivity index (χ0n) is 19.1. The van der Waals surface area contributed by atoms with Crippen molar-refractivity contribution in [1.29, 1.82) is 0 Å². The fourth-order valence-corrected chi connectivity index (χ4v) is 4.59. The van der Waals surface area contributed by atoms with E-state index in [0.717, 1.165) is 18.4 Å². The van der Waals surface area contributed by atoms with E-state index >= 15 is 0 Å². The zero-order valence-corrected chi connectivity index (χ0v) is 19.9. The molecule has 4 rings (SSSR count). The van der Waals surface area contributed by atoms with Gasteiger partial charge in [0, 0.05) is 18.7 Å². The van der Waals surface area contributed by atoms with Gasteiger partial charge in [0.05, 0.1) is 16.6 Å². The van der Waals surface area contributed by atoms with E-state index in [1.54, 1.807) is 0 Å². The number of nitrogens with zero attached hydrogens (tertiary/aromatic N) is 2. The standard InChI is InChI=1S/C24H27N3O6S/c1-16(2)17-5-7-18(8-6-17)23-26-22(33-27-23)15-32-24(28)19-9-11-21(12-10-19)34(29,30)25-14-20-4-3-13-31-20/h5-12,16,20,25H,3-4,13-15H2,1-2H3. The van der Waals surface area contributed by atoms with Gasteiger partial charge in [0.1, 0.15) is 0 Å². The predicted molar refractivity (Wildman–Crippen MR) is 124 cm³/mol. The van der Waals surface area contributed by atoms with Gasteiger partial charge < -0.3 is 14.0 Å². The SMILES string of the molecule is CC(C)c1ccc(-c2noc(COC(=O)c3ccc(S(=O)(=O)NCC4CCCO4)cc3)n2)cc1. The first-order valence-corrected chi connectivity index (χ1v) is 12.6. The smallest absolute Gasteiger partial charge is 0.338 e. The van der Waals surface area contributed by atoms with Gasteiger partial charge in [-0.1, -0.05) is 43.3 Å². The third-order valence-corrected chi connectivity index (χ3v) is 7.00. The molecule has 0 amide bonds. The van der Waals surface area contributed by atoms with Crippen LogP contribution in [-0.2, 0) is 26.1 Å². The lowest BCUT2D eigenvalue weighted by atomic mass is 10.0. The molecule has 1 aliphatic rings. The highest BCUT2D eigenvalue weighted by Crippen LogP contribution is 2.21. The lowest BCUT2D eigenvalue weighted by Crippen LogP contribution is -2.31. The summed E-state index contributed by atoms with van der Waals surface area (Å²) >= 11 is 0. The molecule has 1 saturated heterocycles. The molecule has 10 heteroatoms. The second-order valence-electron chi connectivity index (χ2n) is 8.38. The van der Waals surface area contributed by atoms with E-state index in [-0.39, 0.29) is 35.6 Å². The summed E-state index contributed by atoms with van der Waals surface area (Å²) in [6.07, 6.45) is 1.66. The minimum absolute atomic E-state index is 0.0621. The summed E-state index contributed by atoms with van der Waals surface area (Å²) in [5, 5.41) is 3.94. The van der Waals surface area contributed by atoms with Crippen molar-refractivity contribution in [2.24, 2.45) is 0 Å². The molecule has 1 N–H and O–H groups in total. The molecule has 180 valence electrons. The summed E-state index contributed by atoms with van der Waals surface area (Å²) in [6.45, 7) is 4.91. The van der Waals surface area contributed by atoms with Crippen LogP contribution in [0.2, 0.25) is 0 Å². The summed E-state index contributed by atoms with van der Waals surface area (Å²) in [5.41, 5.74) is 2.22. The van der Waals surface area contributed by atoms with Crippen LogP contribution in [0.15, 0.2) is 57.9 Å². The lowest BCUT2D eigenvalue weighted by Gasteiger charge is -2.11. The Balaban J connectivity index is 1.32. The van der Waals surface area contributed by atoms with E-state index in [4.69, 9.17) is 14.0 Å². The van der Waals surface area contributed by atoms with Crippen LogP contribution in [0.1, 0.15) is 54.4 Å². The Bertz CT molecular complexity index is 1210. The van der Waals surface area contributed by atoms with Gasteiger partial charge in [0.25, 0.3) is 5.89 Å². The number of hydrogen-bond acceptors (Lipinski definition) is 8. The molecule has 2 heterocycles. The maximum absolute atomic E-state index is 12.4. The van der Waals surface area contributed by atoms with Crippen LogP contribution in [0.25, 0.3) is 11.4 Å². The molecular weight excluding hydrogens is 458 g/mol. The van der Waals surface area contributed by atoms with E-state index in [1.165, 1.54) is 29.8 Å². The second-order valence-corrected chi connectivity index (χ2v) is 10.1. The molecule has 0 saturated carbocycles. The first-order chi connectivity index (χ1) is 16.3. The van der Waals surface area contributed by atoms with Crippen molar-refractivity contribution in [3.8, 4) is 11.4 Å². The first-order valence-electron chi connectivity index (χ1n) is 11.1. The average Bonchev–Trinajstić information content (AvgIpc) is 3.54. The van der Waals surface area contributed by atoms with E-state index < -0.39 is 16.0 Å². The van der Waals surface area contributed by atoms with Crippen LogP contribution in [0, 0.1) is 0 Å². The Kier molecular flexibility index (Phi) is 7.40. The average molecular weight is 486 g/mol. The van der Waals surface area contributed by atoms with Gasteiger partial charge >= 0.3 is 5.97 Å². The predicted octanol–water partition coefficient (Wildman–Crippen LogP) is 3.67. The molecule has 1 unspecified atom stereocenters. The van der Waals surface area contributed by atoms with Crippen LogP contribution in [0.4, 0.5) is 0 Å². The fourth-order valence-electron chi connectivity index (χ4n) is 3.52.